The van der Waals surface area contributed by atoms with Gasteiger partial charge in [0.1, 0.15) is 0 Å². The molecule has 0 atom stereocenters. The first kappa shape index (κ1) is 15.6. The molecule has 0 unspecified atom stereocenters. The Kier molecular flexibility index (Phi) is 5.01. The Bertz CT molecular complexity index is 655. The maximum atomic E-state index is 12.2. The molecule has 1 aromatic rings. The summed E-state index contributed by atoms with van der Waals surface area (Å²) in [7, 11) is -3.56. The Hall–Kier alpha value is -1.82. The molecule has 0 aliphatic heterocycles. The second kappa shape index (κ2) is 6.76. The summed E-state index contributed by atoms with van der Waals surface area (Å²) in [6.45, 7) is 0. The third-order valence-corrected chi connectivity index (χ3v) is 5.09. The van der Waals surface area contributed by atoms with E-state index < -0.39 is 15.8 Å². The number of hydrogen-bond donors (Lipinski definition) is 1. The van der Waals surface area contributed by atoms with Gasteiger partial charge in [-0.1, -0.05) is 19.3 Å². The van der Waals surface area contributed by atoms with Crippen molar-refractivity contribution in [3.8, 4) is 0 Å². The minimum Gasteiger partial charge on any atom is -0.361 e. The molecular weight excluding hydrogens is 290 g/mol. The molecule has 0 heterocycles. The van der Waals surface area contributed by atoms with Crippen molar-refractivity contribution in [2.45, 2.75) is 43.0 Å². The Morgan fingerprint density at radius 2 is 1.81 bits per heavy atom. The van der Waals surface area contributed by atoms with E-state index >= 15 is 0 Å². The molecule has 0 bridgehead atoms. The van der Waals surface area contributed by atoms with Crippen LogP contribution in [0.3, 0.4) is 0 Å². The minimum atomic E-state index is -3.56. The van der Waals surface area contributed by atoms with E-state index in [0.717, 1.165) is 38.3 Å². The number of nitrogens with one attached hydrogen (secondary N) is 1. The molecule has 6 nitrogen and oxygen atoms in total. The van der Waals surface area contributed by atoms with Crippen LogP contribution in [0.4, 0.5) is 0 Å². The molecule has 1 aliphatic carbocycles. The van der Waals surface area contributed by atoms with Gasteiger partial charge >= 0.3 is 6.21 Å². The molecule has 1 saturated carbocycles. The summed E-state index contributed by atoms with van der Waals surface area (Å²) in [5.41, 5.74) is 8.57. The predicted molar refractivity (Wildman–Crippen MR) is 77.7 cm³/mol. The third kappa shape index (κ3) is 4.07. The lowest BCUT2D eigenvalue weighted by Gasteiger charge is -2.22. The molecule has 112 valence electrons. The molecular formula is C14H17N3O3S. The van der Waals surface area contributed by atoms with Gasteiger partial charge in [0.2, 0.25) is 10.0 Å². The van der Waals surface area contributed by atoms with Crippen LogP contribution < -0.4 is 4.72 Å². The maximum Gasteiger partial charge on any atom is 0.328 e. The zero-order valence-corrected chi connectivity index (χ0v) is 12.3. The first-order chi connectivity index (χ1) is 10.0. The van der Waals surface area contributed by atoms with Crippen molar-refractivity contribution in [3.05, 3.63) is 35.4 Å². The average molecular weight is 307 g/mol. The quantitative estimate of drug-likeness (QED) is 0.388. The zero-order chi connectivity index (χ0) is 15.3. The smallest absolute Gasteiger partial charge is 0.328 e. The van der Waals surface area contributed by atoms with Gasteiger partial charge in [0.25, 0.3) is 5.78 Å². The first-order valence-electron chi connectivity index (χ1n) is 6.87. The standard InChI is InChI=1S/C14H17N3O3S/c15-16-10-14(18)11-6-8-13(9-7-11)21(19,20)17-12-4-2-1-3-5-12/h6-10,12,17H,1-5H2. The second-order valence-electron chi connectivity index (χ2n) is 5.09. The van der Waals surface area contributed by atoms with Gasteiger partial charge in [-0.05, 0) is 37.1 Å². The Morgan fingerprint density at radius 1 is 1.19 bits per heavy atom. The van der Waals surface area contributed by atoms with Crippen LogP contribution in [0, 0.1) is 0 Å². The van der Waals surface area contributed by atoms with E-state index in [2.05, 4.69) is 9.51 Å². The van der Waals surface area contributed by atoms with E-state index in [1.165, 1.54) is 24.3 Å². The summed E-state index contributed by atoms with van der Waals surface area (Å²) in [5, 5.41) is 0. The summed E-state index contributed by atoms with van der Waals surface area (Å²) in [6.07, 6.45) is 5.74. The van der Waals surface area contributed by atoms with Crippen molar-refractivity contribution >= 4 is 22.0 Å². The SMILES string of the molecule is [N-]=[N+]=CC(=O)c1ccc(S(=O)(=O)NC2CCCCC2)cc1. The highest BCUT2D eigenvalue weighted by molar-refractivity contribution is 7.89. The lowest BCUT2D eigenvalue weighted by molar-refractivity contribution is 0.00235. The molecule has 1 fully saturated rings. The number of carbonyl (C=O) groups excluding carboxylic acids is 1. The van der Waals surface area contributed by atoms with Gasteiger partial charge in [0.05, 0.1) is 4.90 Å². The number of hydrogen-bond acceptors (Lipinski definition) is 3. The largest absolute Gasteiger partial charge is 0.361 e. The van der Waals surface area contributed by atoms with Crippen LogP contribution in [0.1, 0.15) is 42.5 Å². The third-order valence-electron chi connectivity index (χ3n) is 3.55. The van der Waals surface area contributed by atoms with Gasteiger partial charge in [-0.3, -0.25) is 4.79 Å². The van der Waals surface area contributed by atoms with Crippen LogP contribution in [0.5, 0.6) is 0 Å². The normalized spacial score (nSPS) is 16.2. The summed E-state index contributed by atoms with van der Waals surface area (Å²) in [5.74, 6) is -0.485. The molecule has 0 spiro atoms. The van der Waals surface area contributed by atoms with E-state index in [0.29, 0.717) is 0 Å². The zero-order valence-electron chi connectivity index (χ0n) is 11.5. The van der Waals surface area contributed by atoms with Gasteiger partial charge in [0, 0.05) is 11.6 Å². The van der Waals surface area contributed by atoms with Crippen LogP contribution in [0.15, 0.2) is 29.2 Å². The number of sulfonamides is 1. The van der Waals surface area contributed by atoms with Gasteiger partial charge < -0.3 is 5.53 Å². The van der Waals surface area contributed by atoms with E-state index in [-0.39, 0.29) is 16.5 Å². The average Bonchev–Trinajstić information content (AvgIpc) is 2.48. The molecule has 0 radical (unpaired) electrons. The Morgan fingerprint density at radius 3 is 2.38 bits per heavy atom. The highest BCUT2D eigenvalue weighted by atomic mass is 32.2. The fraction of sp³-hybridized carbons (Fsp3) is 0.429. The van der Waals surface area contributed by atoms with Crippen LogP contribution in [-0.2, 0) is 10.0 Å². The minimum absolute atomic E-state index is 0.00780. The highest BCUT2D eigenvalue weighted by Gasteiger charge is 2.22. The van der Waals surface area contributed by atoms with E-state index in [1.807, 2.05) is 0 Å². The molecule has 0 saturated heterocycles. The second-order valence-corrected chi connectivity index (χ2v) is 6.80. The van der Waals surface area contributed by atoms with Gasteiger partial charge in [-0.15, -0.1) is 0 Å². The maximum absolute atomic E-state index is 12.2. The van der Waals surface area contributed by atoms with Crippen molar-refractivity contribution in [3.63, 3.8) is 0 Å². The number of Topliss-reactive ketones (excluding diaryl/α,β-unsaturated/α-hetero) is 1. The van der Waals surface area contributed by atoms with Gasteiger partial charge in [-0.2, -0.15) is 4.79 Å². The first-order valence-corrected chi connectivity index (χ1v) is 8.35. The molecule has 0 aromatic heterocycles. The van der Waals surface area contributed by atoms with Crippen molar-refractivity contribution in [1.29, 1.82) is 0 Å². The number of ketones is 1. The lowest BCUT2D eigenvalue weighted by Crippen LogP contribution is -2.36. The van der Waals surface area contributed by atoms with Crippen molar-refractivity contribution < 1.29 is 18.0 Å². The van der Waals surface area contributed by atoms with Crippen LogP contribution >= 0.6 is 0 Å². The molecule has 0 amide bonds. The van der Waals surface area contributed by atoms with Crippen LogP contribution in [0.2, 0.25) is 0 Å². The Balaban J connectivity index is 2.12. The topological polar surface area (TPSA) is 99.6 Å². The fourth-order valence-electron chi connectivity index (χ4n) is 2.43. The fourth-order valence-corrected chi connectivity index (χ4v) is 3.74. The monoisotopic (exact) mass is 307 g/mol. The molecule has 1 aromatic carbocycles. The van der Waals surface area contributed by atoms with Crippen molar-refractivity contribution in [1.82, 2.24) is 4.72 Å². The Labute approximate surface area is 123 Å². The summed E-state index contributed by atoms with van der Waals surface area (Å²) >= 11 is 0. The predicted octanol–water partition coefficient (Wildman–Crippen LogP) is 1.78. The number of rotatable bonds is 5. The van der Waals surface area contributed by atoms with E-state index in [1.54, 1.807) is 0 Å². The van der Waals surface area contributed by atoms with E-state index in [4.69, 9.17) is 5.53 Å². The number of nitrogens with zero attached hydrogens (tertiary/aromatic N) is 2. The molecule has 21 heavy (non-hydrogen) atoms. The summed E-state index contributed by atoms with van der Waals surface area (Å²) in [6, 6.07) is 5.55. The van der Waals surface area contributed by atoms with Gasteiger partial charge in [-0.25, -0.2) is 13.1 Å². The lowest BCUT2D eigenvalue weighted by atomic mass is 9.96. The van der Waals surface area contributed by atoms with E-state index in [9.17, 15) is 13.2 Å². The molecule has 2 rings (SSSR count). The summed E-state index contributed by atoms with van der Waals surface area (Å²) in [4.78, 5) is 14.2. The van der Waals surface area contributed by atoms with Crippen molar-refractivity contribution in [2.75, 3.05) is 0 Å². The molecule has 1 aliphatic rings. The van der Waals surface area contributed by atoms with Crippen LogP contribution in [-0.4, -0.2) is 31.2 Å². The number of benzene rings is 1. The van der Waals surface area contributed by atoms with Crippen LogP contribution in [0.25, 0.3) is 5.53 Å². The van der Waals surface area contributed by atoms with Gasteiger partial charge in [0.15, 0.2) is 0 Å². The molecule has 1 N–H and O–H groups in total. The highest BCUT2D eigenvalue weighted by Crippen LogP contribution is 2.20. The summed E-state index contributed by atoms with van der Waals surface area (Å²) < 4.78 is 27.2. The molecule has 7 heteroatoms. The van der Waals surface area contributed by atoms with Crippen molar-refractivity contribution in [2.24, 2.45) is 0 Å². The number of carbonyl (C=O) groups is 1.